The molecule has 0 fully saturated rings. The number of allylic oxidation sites excluding steroid dienone is 1. The summed E-state index contributed by atoms with van der Waals surface area (Å²) in [6.45, 7) is 3.78. The summed E-state index contributed by atoms with van der Waals surface area (Å²) in [6.07, 6.45) is 2.42. The van der Waals surface area contributed by atoms with Crippen LogP contribution in [0.4, 0.5) is 5.69 Å². The number of nitrogens with zero attached hydrogens (tertiary/aromatic N) is 1. The topological polar surface area (TPSA) is 20.3 Å². The molecule has 1 unspecified atom stereocenters. The Morgan fingerprint density at radius 2 is 1.81 bits per heavy atom. The van der Waals surface area contributed by atoms with Crippen molar-refractivity contribution in [1.82, 2.24) is 0 Å². The van der Waals surface area contributed by atoms with E-state index in [2.05, 4.69) is 22.5 Å². The fourth-order valence-corrected chi connectivity index (χ4v) is 2.86. The second kappa shape index (κ2) is 7.23. The van der Waals surface area contributed by atoms with Crippen molar-refractivity contribution in [3.8, 4) is 0 Å². The van der Waals surface area contributed by atoms with Gasteiger partial charge in [0.1, 0.15) is 0 Å². The van der Waals surface area contributed by atoms with E-state index >= 15 is 0 Å². The Morgan fingerprint density at radius 3 is 2.43 bits per heavy atom. The Hall–Kier alpha value is -1.87. The highest BCUT2D eigenvalue weighted by Gasteiger charge is 2.24. The quantitative estimate of drug-likeness (QED) is 0.716. The Balaban J connectivity index is 2.31. The summed E-state index contributed by atoms with van der Waals surface area (Å²) >= 11 is 3.50. The molecule has 3 heteroatoms. The molecule has 2 nitrogen and oxygen atoms in total. The van der Waals surface area contributed by atoms with Crippen LogP contribution in [0, 0.1) is 0 Å². The molecular formula is C18H18BrNO. The molecule has 0 aliphatic heterocycles. The molecule has 0 heterocycles. The van der Waals surface area contributed by atoms with E-state index in [-0.39, 0.29) is 11.8 Å². The summed E-state index contributed by atoms with van der Waals surface area (Å²) < 4.78 is 0.909. The number of carbonyl (C=O) groups is 1. The number of rotatable bonds is 5. The smallest absolute Gasteiger partial charge is 0.234 e. The van der Waals surface area contributed by atoms with Crippen molar-refractivity contribution in [1.29, 1.82) is 0 Å². The van der Waals surface area contributed by atoms with Crippen LogP contribution in [0.3, 0.4) is 0 Å². The summed E-state index contributed by atoms with van der Waals surface area (Å²) in [4.78, 5) is 14.5. The number of para-hydroxylation sites is 1. The number of amides is 1. The maximum Gasteiger partial charge on any atom is 0.234 e. The SMILES string of the molecule is C=CCC(C(=O)N(C)c1ccccc1Br)c1ccccc1. The molecule has 2 aromatic carbocycles. The van der Waals surface area contributed by atoms with Crippen LogP contribution in [0.25, 0.3) is 0 Å². The third-order valence-corrected chi connectivity index (χ3v) is 4.12. The zero-order chi connectivity index (χ0) is 15.2. The van der Waals surface area contributed by atoms with Crippen molar-refractivity contribution in [2.24, 2.45) is 0 Å². The zero-order valence-electron chi connectivity index (χ0n) is 12.0. The van der Waals surface area contributed by atoms with Crippen molar-refractivity contribution < 1.29 is 4.79 Å². The molecule has 21 heavy (non-hydrogen) atoms. The van der Waals surface area contributed by atoms with Gasteiger partial charge in [-0.1, -0.05) is 48.5 Å². The van der Waals surface area contributed by atoms with Crippen LogP contribution in [-0.2, 0) is 4.79 Å². The van der Waals surface area contributed by atoms with Gasteiger partial charge in [0.15, 0.2) is 0 Å². The number of hydrogen-bond donors (Lipinski definition) is 0. The molecule has 0 saturated heterocycles. The molecule has 108 valence electrons. The molecule has 0 N–H and O–H groups in total. The minimum atomic E-state index is -0.208. The number of likely N-dealkylation sites (N-methyl/N-ethyl adjacent to an activating group) is 1. The van der Waals surface area contributed by atoms with Gasteiger partial charge in [-0.2, -0.15) is 0 Å². The lowest BCUT2D eigenvalue weighted by atomic mass is 9.94. The van der Waals surface area contributed by atoms with Gasteiger partial charge in [-0.15, -0.1) is 6.58 Å². The number of benzene rings is 2. The first-order chi connectivity index (χ1) is 10.1. The third kappa shape index (κ3) is 3.61. The molecule has 0 saturated carbocycles. The van der Waals surface area contributed by atoms with Crippen LogP contribution in [-0.4, -0.2) is 13.0 Å². The van der Waals surface area contributed by atoms with Crippen molar-refractivity contribution >= 4 is 27.5 Å². The molecule has 2 aromatic rings. The van der Waals surface area contributed by atoms with Gasteiger partial charge in [-0.25, -0.2) is 0 Å². The van der Waals surface area contributed by atoms with Crippen LogP contribution in [0.15, 0.2) is 71.7 Å². The van der Waals surface area contributed by atoms with E-state index in [4.69, 9.17) is 0 Å². The second-order valence-electron chi connectivity index (χ2n) is 4.84. The van der Waals surface area contributed by atoms with Crippen molar-refractivity contribution in [2.45, 2.75) is 12.3 Å². The van der Waals surface area contributed by atoms with Crippen molar-refractivity contribution in [3.63, 3.8) is 0 Å². The van der Waals surface area contributed by atoms with E-state index < -0.39 is 0 Å². The maximum absolute atomic E-state index is 12.8. The highest BCUT2D eigenvalue weighted by molar-refractivity contribution is 9.10. The molecule has 0 aliphatic rings. The molecule has 0 spiro atoms. The Bertz CT molecular complexity index is 624. The van der Waals surface area contributed by atoms with Gasteiger partial charge in [0.2, 0.25) is 5.91 Å². The summed E-state index contributed by atoms with van der Waals surface area (Å²) in [6, 6.07) is 17.6. The molecule has 1 atom stereocenters. The van der Waals surface area contributed by atoms with Crippen LogP contribution >= 0.6 is 15.9 Å². The van der Waals surface area contributed by atoms with Gasteiger partial charge in [-0.3, -0.25) is 4.79 Å². The molecule has 1 amide bonds. The minimum absolute atomic E-state index is 0.0630. The zero-order valence-corrected chi connectivity index (χ0v) is 13.6. The van der Waals surface area contributed by atoms with Crippen molar-refractivity contribution in [2.75, 3.05) is 11.9 Å². The number of hydrogen-bond acceptors (Lipinski definition) is 1. The van der Waals surface area contributed by atoms with E-state index in [0.717, 1.165) is 15.7 Å². The van der Waals surface area contributed by atoms with Crippen LogP contribution < -0.4 is 4.90 Å². The molecule has 2 rings (SSSR count). The molecular weight excluding hydrogens is 326 g/mol. The van der Waals surface area contributed by atoms with E-state index in [1.807, 2.05) is 54.6 Å². The first kappa shape index (κ1) is 15.5. The first-order valence-corrected chi connectivity index (χ1v) is 7.62. The highest BCUT2D eigenvalue weighted by Crippen LogP contribution is 2.29. The van der Waals surface area contributed by atoms with E-state index in [1.165, 1.54) is 0 Å². The van der Waals surface area contributed by atoms with Gasteiger partial charge in [0, 0.05) is 11.5 Å². The monoisotopic (exact) mass is 343 g/mol. The van der Waals surface area contributed by atoms with Gasteiger partial charge in [0.25, 0.3) is 0 Å². The van der Waals surface area contributed by atoms with Crippen LogP contribution in [0.5, 0.6) is 0 Å². The molecule has 0 aliphatic carbocycles. The highest BCUT2D eigenvalue weighted by atomic mass is 79.9. The summed E-state index contributed by atoms with van der Waals surface area (Å²) in [5.41, 5.74) is 1.88. The Morgan fingerprint density at radius 1 is 1.19 bits per heavy atom. The Labute approximate surface area is 134 Å². The van der Waals surface area contributed by atoms with Gasteiger partial charge in [-0.05, 0) is 40.0 Å². The largest absolute Gasteiger partial charge is 0.314 e. The summed E-state index contributed by atoms with van der Waals surface area (Å²) in [5, 5.41) is 0. The second-order valence-corrected chi connectivity index (χ2v) is 5.69. The Kier molecular flexibility index (Phi) is 5.34. The minimum Gasteiger partial charge on any atom is -0.314 e. The number of carbonyl (C=O) groups excluding carboxylic acids is 1. The average molecular weight is 344 g/mol. The molecule has 0 bridgehead atoms. The average Bonchev–Trinajstić information content (AvgIpc) is 2.52. The molecule has 0 radical (unpaired) electrons. The van der Waals surface area contributed by atoms with Crippen LogP contribution in [0.1, 0.15) is 17.9 Å². The van der Waals surface area contributed by atoms with Gasteiger partial charge in [0.05, 0.1) is 11.6 Å². The van der Waals surface area contributed by atoms with E-state index in [1.54, 1.807) is 18.0 Å². The lowest BCUT2D eigenvalue weighted by Crippen LogP contribution is -2.31. The fraction of sp³-hybridized carbons (Fsp3) is 0.167. The normalized spacial score (nSPS) is 11.7. The standard InChI is InChI=1S/C18H18BrNO/c1-3-9-15(14-10-5-4-6-11-14)18(21)20(2)17-13-8-7-12-16(17)19/h3-8,10-13,15H,1,9H2,2H3. The summed E-state index contributed by atoms with van der Waals surface area (Å²) in [7, 11) is 1.81. The van der Waals surface area contributed by atoms with Gasteiger partial charge < -0.3 is 4.90 Å². The third-order valence-electron chi connectivity index (χ3n) is 3.45. The summed E-state index contributed by atoms with van der Waals surface area (Å²) in [5.74, 6) is -0.145. The first-order valence-electron chi connectivity index (χ1n) is 6.83. The predicted octanol–water partition coefficient (Wildman–Crippen LogP) is 4.77. The van der Waals surface area contributed by atoms with Gasteiger partial charge >= 0.3 is 0 Å². The maximum atomic E-state index is 12.8. The number of anilines is 1. The fourth-order valence-electron chi connectivity index (χ4n) is 2.31. The van der Waals surface area contributed by atoms with Crippen molar-refractivity contribution in [3.05, 3.63) is 77.3 Å². The lowest BCUT2D eigenvalue weighted by molar-refractivity contribution is -0.119. The molecule has 0 aromatic heterocycles. The lowest BCUT2D eigenvalue weighted by Gasteiger charge is -2.24. The van der Waals surface area contributed by atoms with Crippen LogP contribution in [0.2, 0.25) is 0 Å². The van der Waals surface area contributed by atoms with E-state index in [9.17, 15) is 4.79 Å². The number of halogens is 1. The van der Waals surface area contributed by atoms with E-state index in [0.29, 0.717) is 6.42 Å². The predicted molar refractivity (Wildman–Crippen MR) is 91.5 cm³/mol.